The van der Waals surface area contributed by atoms with E-state index < -0.39 is 0 Å². The van der Waals surface area contributed by atoms with E-state index in [1.807, 2.05) is 19.9 Å². The van der Waals surface area contributed by atoms with Gasteiger partial charge in [0, 0.05) is 24.3 Å². The van der Waals surface area contributed by atoms with E-state index in [1.165, 1.54) is 12.1 Å². The van der Waals surface area contributed by atoms with Gasteiger partial charge in [-0.3, -0.25) is 4.79 Å². The highest BCUT2D eigenvalue weighted by Crippen LogP contribution is 2.18. The molecule has 0 fully saturated rings. The fourth-order valence-corrected chi connectivity index (χ4v) is 2.24. The number of nitrogens with zero attached hydrogens (tertiary/aromatic N) is 1. The zero-order valence-electron chi connectivity index (χ0n) is 12.3. The first-order chi connectivity index (χ1) is 10.0. The Morgan fingerprint density at radius 1 is 1.24 bits per heavy atom. The second-order valence-corrected chi connectivity index (χ2v) is 4.97. The van der Waals surface area contributed by atoms with Crippen molar-refractivity contribution in [1.29, 1.82) is 0 Å². The minimum atomic E-state index is -0.295. The summed E-state index contributed by atoms with van der Waals surface area (Å²) in [7, 11) is 0. The zero-order valence-corrected chi connectivity index (χ0v) is 12.3. The fourth-order valence-electron chi connectivity index (χ4n) is 2.24. The van der Waals surface area contributed by atoms with E-state index in [1.54, 1.807) is 29.2 Å². The molecule has 0 aliphatic heterocycles. The zero-order chi connectivity index (χ0) is 15.4. The lowest BCUT2D eigenvalue weighted by Gasteiger charge is -2.22. The Balaban J connectivity index is 2.25. The van der Waals surface area contributed by atoms with Crippen molar-refractivity contribution in [2.24, 2.45) is 0 Å². The molecule has 0 spiro atoms. The van der Waals surface area contributed by atoms with Gasteiger partial charge in [0.15, 0.2) is 0 Å². The maximum absolute atomic E-state index is 13.2. The van der Waals surface area contributed by atoms with Gasteiger partial charge in [0.2, 0.25) is 0 Å². The van der Waals surface area contributed by atoms with Crippen LogP contribution in [-0.4, -0.2) is 17.4 Å². The molecular weight excluding hydrogens is 267 g/mol. The molecule has 0 saturated carbocycles. The van der Waals surface area contributed by atoms with Crippen LogP contribution in [0.3, 0.4) is 0 Å². The van der Waals surface area contributed by atoms with E-state index in [9.17, 15) is 9.18 Å². The Morgan fingerprint density at radius 3 is 2.62 bits per heavy atom. The molecule has 1 amide bonds. The molecule has 0 unspecified atom stereocenters. The Kier molecular flexibility index (Phi) is 4.58. The van der Waals surface area contributed by atoms with Crippen LogP contribution in [0.1, 0.15) is 28.4 Å². The smallest absolute Gasteiger partial charge is 0.254 e. The molecule has 3 nitrogen and oxygen atoms in total. The van der Waals surface area contributed by atoms with E-state index in [0.29, 0.717) is 24.3 Å². The number of anilines is 1. The Bertz CT molecular complexity index is 655. The van der Waals surface area contributed by atoms with E-state index >= 15 is 0 Å². The minimum Gasteiger partial charge on any atom is -0.398 e. The van der Waals surface area contributed by atoms with Crippen LogP contribution in [0.4, 0.5) is 10.1 Å². The lowest BCUT2D eigenvalue weighted by molar-refractivity contribution is 0.0751. The molecule has 0 saturated heterocycles. The topological polar surface area (TPSA) is 46.3 Å². The van der Waals surface area contributed by atoms with Crippen LogP contribution in [0.25, 0.3) is 0 Å². The van der Waals surface area contributed by atoms with Gasteiger partial charge < -0.3 is 10.6 Å². The largest absolute Gasteiger partial charge is 0.398 e. The lowest BCUT2D eigenvalue weighted by atomic mass is 10.1. The Hall–Kier alpha value is -2.36. The molecule has 0 atom stereocenters. The van der Waals surface area contributed by atoms with Gasteiger partial charge in [0.1, 0.15) is 5.82 Å². The van der Waals surface area contributed by atoms with Crippen LogP contribution in [0.5, 0.6) is 0 Å². The molecule has 110 valence electrons. The predicted octanol–water partition coefficient (Wildman–Crippen LogP) is 3.38. The molecule has 0 aromatic heterocycles. The molecule has 0 bridgehead atoms. The van der Waals surface area contributed by atoms with Gasteiger partial charge in [-0.25, -0.2) is 4.39 Å². The normalized spacial score (nSPS) is 10.4. The second kappa shape index (κ2) is 6.39. The number of carbonyl (C=O) groups excluding carboxylic acids is 1. The monoisotopic (exact) mass is 286 g/mol. The van der Waals surface area contributed by atoms with Crippen molar-refractivity contribution < 1.29 is 9.18 Å². The summed E-state index contributed by atoms with van der Waals surface area (Å²) in [6.07, 6.45) is 0. The molecular formula is C17H19FN2O. The van der Waals surface area contributed by atoms with Crippen LogP contribution in [-0.2, 0) is 6.54 Å². The van der Waals surface area contributed by atoms with E-state index in [4.69, 9.17) is 5.73 Å². The number of nitrogens with two attached hydrogens (primary N) is 1. The summed E-state index contributed by atoms with van der Waals surface area (Å²) in [4.78, 5) is 14.3. The van der Waals surface area contributed by atoms with Gasteiger partial charge in [-0.05, 0) is 49.2 Å². The summed E-state index contributed by atoms with van der Waals surface area (Å²) in [5.41, 5.74) is 8.59. The van der Waals surface area contributed by atoms with E-state index in [-0.39, 0.29) is 11.7 Å². The number of hydrogen-bond acceptors (Lipinski definition) is 2. The Labute approximate surface area is 124 Å². The molecule has 21 heavy (non-hydrogen) atoms. The first-order valence-corrected chi connectivity index (χ1v) is 6.91. The first-order valence-electron chi connectivity index (χ1n) is 6.91. The first kappa shape index (κ1) is 15.0. The molecule has 0 radical (unpaired) electrons. The summed E-state index contributed by atoms with van der Waals surface area (Å²) in [5, 5.41) is 0. The van der Waals surface area contributed by atoms with Gasteiger partial charge in [-0.15, -0.1) is 0 Å². The highest BCUT2D eigenvalue weighted by molar-refractivity contribution is 5.96. The Morgan fingerprint density at radius 2 is 1.95 bits per heavy atom. The van der Waals surface area contributed by atoms with Crippen molar-refractivity contribution in [2.45, 2.75) is 20.4 Å². The maximum Gasteiger partial charge on any atom is 0.254 e. The molecule has 2 N–H and O–H groups in total. The van der Waals surface area contributed by atoms with Crippen molar-refractivity contribution >= 4 is 11.6 Å². The predicted molar refractivity (Wildman–Crippen MR) is 82.4 cm³/mol. The number of halogens is 1. The van der Waals surface area contributed by atoms with Gasteiger partial charge in [0.05, 0.1) is 0 Å². The number of benzene rings is 2. The quantitative estimate of drug-likeness (QED) is 0.876. The van der Waals surface area contributed by atoms with Crippen LogP contribution >= 0.6 is 0 Å². The van der Waals surface area contributed by atoms with Crippen LogP contribution < -0.4 is 5.73 Å². The third kappa shape index (κ3) is 3.40. The van der Waals surface area contributed by atoms with Crippen LogP contribution in [0, 0.1) is 12.7 Å². The average molecular weight is 286 g/mol. The molecule has 2 rings (SSSR count). The SMILES string of the molecule is CCN(Cc1cccc(F)c1)C(=O)c1cccc(N)c1C. The summed E-state index contributed by atoms with van der Waals surface area (Å²) in [6.45, 7) is 4.66. The van der Waals surface area contributed by atoms with Crippen molar-refractivity contribution in [2.75, 3.05) is 12.3 Å². The molecule has 0 aliphatic carbocycles. The van der Waals surface area contributed by atoms with Crippen LogP contribution in [0.15, 0.2) is 42.5 Å². The standard InChI is InChI=1S/C17H19FN2O/c1-3-20(11-13-6-4-7-14(18)10-13)17(21)15-8-5-9-16(19)12(15)2/h4-10H,3,11,19H2,1-2H3. The molecule has 2 aromatic rings. The van der Waals surface area contributed by atoms with Crippen molar-refractivity contribution in [3.8, 4) is 0 Å². The third-order valence-electron chi connectivity index (χ3n) is 3.54. The van der Waals surface area contributed by atoms with Crippen molar-refractivity contribution in [3.05, 3.63) is 65.0 Å². The highest BCUT2D eigenvalue weighted by atomic mass is 19.1. The summed E-state index contributed by atoms with van der Waals surface area (Å²) in [6, 6.07) is 11.6. The fraction of sp³-hybridized carbons (Fsp3) is 0.235. The second-order valence-electron chi connectivity index (χ2n) is 4.97. The number of rotatable bonds is 4. The van der Waals surface area contributed by atoms with Crippen molar-refractivity contribution in [1.82, 2.24) is 4.90 Å². The van der Waals surface area contributed by atoms with Crippen LogP contribution in [0.2, 0.25) is 0 Å². The number of nitrogen functional groups attached to an aromatic ring is 1. The average Bonchev–Trinajstić information content (AvgIpc) is 2.47. The molecule has 4 heteroatoms. The third-order valence-corrected chi connectivity index (χ3v) is 3.54. The number of carbonyl (C=O) groups is 1. The van der Waals surface area contributed by atoms with Gasteiger partial charge in [-0.1, -0.05) is 18.2 Å². The summed E-state index contributed by atoms with van der Waals surface area (Å²) in [5.74, 6) is -0.386. The summed E-state index contributed by atoms with van der Waals surface area (Å²) < 4.78 is 13.2. The number of amides is 1. The molecule has 0 aliphatic rings. The van der Waals surface area contributed by atoms with Crippen molar-refractivity contribution in [3.63, 3.8) is 0 Å². The lowest BCUT2D eigenvalue weighted by Crippen LogP contribution is -2.31. The van der Waals surface area contributed by atoms with E-state index in [2.05, 4.69) is 0 Å². The molecule has 0 heterocycles. The van der Waals surface area contributed by atoms with Gasteiger partial charge in [-0.2, -0.15) is 0 Å². The highest BCUT2D eigenvalue weighted by Gasteiger charge is 2.17. The maximum atomic E-state index is 13.2. The molecule has 2 aromatic carbocycles. The van der Waals surface area contributed by atoms with Gasteiger partial charge >= 0.3 is 0 Å². The van der Waals surface area contributed by atoms with E-state index in [0.717, 1.165) is 11.1 Å². The summed E-state index contributed by atoms with van der Waals surface area (Å²) >= 11 is 0. The number of hydrogen-bond donors (Lipinski definition) is 1. The van der Waals surface area contributed by atoms with Gasteiger partial charge in [0.25, 0.3) is 5.91 Å². The minimum absolute atomic E-state index is 0.0911.